The van der Waals surface area contributed by atoms with Crippen LogP contribution in [0.4, 0.5) is 10.1 Å². The maximum Gasteiger partial charge on any atom is 0.358 e. The van der Waals surface area contributed by atoms with Gasteiger partial charge in [0.2, 0.25) is 0 Å². The average Bonchev–Trinajstić information content (AvgIpc) is 2.76. The van der Waals surface area contributed by atoms with Gasteiger partial charge in [0.25, 0.3) is 0 Å². The van der Waals surface area contributed by atoms with Crippen molar-refractivity contribution in [3.05, 3.63) is 40.9 Å². The van der Waals surface area contributed by atoms with E-state index in [1.807, 2.05) is 0 Å². The van der Waals surface area contributed by atoms with Crippen molar-refractivity contribution in [1.29, 1.82) is 0 Å². The van der Waals surface area contributed by atoms with Gasteiger partial charge in [-0.05, 0) is 18.2 Å². The third-order valence-electron chi connectivity index (χ3n) is 2.29. The van der Waals surface area contributed by atoms with E-state index in [-0.39, 0.29) is 5.69 Å². The Bertz CT molecular complexity index is 582. The normalized spacial score (nSPS) is 10.4. The molecule has 0 bridgehead atoms. The van der Waals surface area contributed by atoms with Gasteiger partial charge < -0.3 is 10.4 Å². The molecule has 2 aromatic rings. The first kappa shape index (κ1) is 13.3. The Morgan fingerprint density at radius 1 is 1.47 bits per heavy atom. The van der Waals surface area contributed by atoms with Crippen LogP contribution in [0.2, 0.25) is 5.02 Å². The fourth-order valence-electron chi connectivity index (χ4n) is 1.48. The minimum atomic E-state index is -1.13. The van der Waals surface area contributed by atoms with Gasteiger partial charge in [-0.2, -0.15) is 0 Å². The van der Waals surface area contributed by atoms with E-state index in [4.69, 9.17) is 16.7 Å². The van der Waals surface area contributed by atoms with Crippen LogP contribution in [0.25, 0.3) is 0 Å². The maximum absolute atomic E-state index is 13.1. The summed E-state index contributed by atoms with van der Waals surface area (Å²) in [5.41, 5.74) is 0.428. The highest BCUT2D eigenvalue weighted by Crippen LogP contribution is 2.17. The molecule has 2 N–H and O–H groups in total. The molecule has 19 heavy (non-hydrogen) atoms. The van der Waals surface area contributed by atoms with Gasteiger partial charge in [0.15, 0.2) is 5.69 Å². The Hall–Kier alpha value is -2.15. The molecule has 6 nitrogen and oxygen atoms in total. The number of aromatic carboxylic acids is 1. The molecule has 1 heterocycles. The standard InChI is InChI=1S/C11H10ClFN4O2/c12-7-3-8(13)5-9(4-7)14-1-2-17-6-10(11(18)19)15-16-17/h3-6,14H,1-2H2,(H,18,19). The summed E-state index contributed by atoms with van der Waals surface area (Å²) in [5, 5.41) is 19.1. The van der Waals surface area contributed by atoms with E-state index in [2.05, 4.69) is 15.6 Å². The van der Waals surface area contributed by atoms with Crippen molar-refractivity contribution in [2.24, 2.45) is 0 Å². The first-order valence-electron chi connectivity index (χ1n) is 5.38. The quantitative estimate of drug-likeness (QED) is 0.876. The lowest BCUT2D eigenvalue weighted by atomic mass is 10.3. The molecular weight excluding hydrogens is 275 g/mol. The number of anilines is 1. The number of carboxylic acids is 1. The van der Waals surface area contributed by atoms with Crippen LogP contribution in [0.3, 0.4) is 0 Å². The van der Waals surface area contributed by atoms with Gasteiger partial charge in [-0.25, -0.2) is 13.9 Å². The van der Waals surface area contributed by atoms with Crippen LogP contribution in [0.1, 0.15) is 10.5 Å². The van der Waals surface area contributed by atoms with Gasteiger partial charge in [0, 0.05) is 17.3 Å². The summed E-state index contributed by atoms with van der Waals surface area (Å²) in [6, 6.07) is 4.12. The first-order chi connectivity index (χ1) is 9.04. The van der Waals surface area contributed by atoms with Crippen molar-refractivity contribution in [2.45, 2.75) is 6.54 Å². The monoisotopic (exact) mass is 284 g/mol. The molecule has 2 rings (SSSR count). The zero-order valence-corrected chi connectivity index (χ0v) is 10.4. The number of nitrogens with one attached hydrogen (secondary N) is 1. The predicted octanol–water partition coefficient (Wildman–Crippen LogP) is 1.88. The minimum Gasteiger partial charge on any atom is -0.476 e. The van der Waals surface area contributed by atoms with Crippen molar-refractivity contribution in [1.82, 2.24) is 15.0 Å². The Morgan fingerprint density at radius 3 is 2.89 bits per heavy atom. The molecular formula is C11H10ClFN4O2. The van der Waals surface area contributed by atoms with Crippen LogP contribution < -0.4 is 5.32 Å². The zero-order chi connectivity index (χ0) is 13.8. The molecule has 0 aliphatic heterocycles. The smallest absolute Gasteiger partial charge is 0.358 e. The zero-order valence-electron chi connectivity index (χ0n) is 9.68. The highest BCUT2D eigenvalue weighted by Gasteiger charge is 2.07. The summed E-state index contributed by atoms with van der Waals surface area (Å²) < 4.78 is 14.4. The second-order valence-corrected chi connectivity index (χ2v) is 4.19. The summed E-state index contributed by atoms with van der Waals surface area (Å²) in [6.45, 7) is 0.830. The lowest BCUT2D eigenvalue weighted by molar-refractivity contribution is 0.0690. The molecule has 0 fully saturated rings. The second kappa shape index (κ2) is 5.66. The van der Waals surface area contributed by atoms with E-state index in [0.717, 1.165) is 0 Å². The number of halogens is 2. The molecule has 0 amide bonds. The molecule has 100 valence electrons. The van der Waals surface area contributed by atoms with Crippen molar-refractivity contribution in [2.75, 3.05) is 11.9 Å². The average molecular weight is 285 g/mol. The van der Waals surface area contributed by atoms with Crippen molar-refractivity contribution in [3.63, 3.8) is 0 Å². The van der Waals surface area contributed by atoms with Crippen LogP contribution in [0.15, 0.2) is 24.4 Å². The van der Waals surface area contributed by atoms with E-state index in [0.29, 0.717) is 23.8 Å². The van der Waals surface area contributed by atoms with Crippen molar-refractivity contribution < 1.29 is 14.3 Å². The third kappa shape index (κ3) is 3.65. The van der Waals surface area contributed by atoms with Gasteiger partial charge in [0.1, 0.15) is 5.82 Å². The van der Waals surface area contributed by atoms with Crippen molar-refractivity contribution in [3.8, 4) is 0 Å². The van der Waals surface area contributed by atoms with Gasteiger partial charge in [-0.3, -0.25) is 0 Å². The van der Waals surface area contributed by atoms with Gasteiger partial charge in [0.05, 0.1) is 12.7 Å². The second-order valence-electron chi connectivity index (χ2n) is 3.76. The number of nitrogens with zero attached hydrogens (tertiary/aromatic N) is 3. The Kier molecular flexibility index (Phi) is 3.96. The highest BCUT2D eigenvalue weighted by atomic mass is 35.5. The van der Waals surface area contributed by atoms with Crippen LogP contribution in [-0.4, -0.2) is 32.6 Å². The van der Waals surface area contributed by atoms with Gasteiger partial charge in [-0.1, -0.05) is 16.8 Å². The fraction of sp³-hybridized carbons (Fsp3) is 0.182. The number of benzene rings is 1. The molecule has 8 heteroatoms. The first-order valence-corrected chi connectivity index (χ1v) is 5.76. The van der Waals surface area contributed by atoms with Crippen LogP contribution >= 0.6 is 11.6 Å². The number of aromatic nitrogens is 3. The molecule has 0 saturated heterocycles. The fourth-order valence-corrected chi connectivity index (χ4v) is 1.70. The number of carbonyl (C=O) groups is 1. The van der Waals surface area contributed by atoms with Crippen LogP contribution in [0.5, 0.6) is 0 Å². The van der Waals surface area contributed by atoms with Gasteiger partial charge >= 0.3 is 5.97 Å². The molecule has 0 radical (unpaired) electrons. The topological polar surface area (TPSA) is 80.0 Å². The van der Waals surface area contributed by atoms with Crippen LogP contribution in [0, 0.1) is 5.82 Å². The lowest BCUT2D eigenvalue weighted by Crippen LogP contribution is -2.11. The lowest BCUT2D eigenvalue weighted by Gasteiger charge is -2.06. The highest BCUT2D eigenvalue weighted by molar-refractivity contribution is 6.30. The molecule has 0 atom stereocenters. The molecule has 0 unspecified atom stereocenters. The largest absolute Gasteiger partial charge is 0.476 e. The minimum absolute atomic E-state index is 0.117. The van der Waals surface area contributed by atoms with Gasteiger partial charge in [-0.15, -0.1) is 5.10 Å². The van der Waals surface area contributed by atoms with E-state index in [9.17, 15) is 9.18 Å². The summed E-state index contributed by atoms with van der Waals surface area (Å²) in [6.07, 6.45) is 1.32. The van der Waals surface area contributed by atoms with Crippen LogP contribution in [-0.2, 0) is 6.54 Å². The van der Waals surface area contributed by atoms with E-state index in [1.165, 1.54) is 23.0 Å². The van der Waals surface area contributed by atoms with E-state index < -0.39 is 11.8 Å². The third-order valence-corrected chi connectivity index (χ3v) is 2.51. The van der Waals surface area contributed by atoms with Crippen molar-refractivity contribution >= 4 is 23.3 Å². The summed E-state index contributed by atoms with van der Waals surface area (Å²) >= 11 is 5.71. The Labute approximate surface area is 112 Å². The molecule has 0 spiro atoms. The predicted molar refractivity (Wildman–Crippen MR) is 66.9 cm³/mol. The molecule has 1 aromatic heterocycles. The molecule has 0 aliphatic rings. The summed E-state index contributed by atoms with van der Waals surface area (Å²) in [5.74, 6) is -1.56. The Balaban J connectivity index is 1.90. The van der Waals surface area contributed by atoms with E-state index >= 15 is 0 Å². The number of carboxylic acid groups (broad SMARTS) is 1. The molecule has 0 saturated carbocycles. The number of rotatable bonds is 5. The maximum atomic E-state index is 13.1. The number of hydrogen-bond donors (Lipinski definition) is 2. The Morgan fingerprint density at radius 2 is 2.26 bits per heavy atom. The number of hydrogen-bond acceptors (Lipinski definition) is 4. The van der Waals surface area contributed by atoms with E-state index in [1.54, 1.807) is 6.07 Å². The summed E-state index contributed by atoms with van der Waals surface area (Å²) in [4.78, 5) is 10.6. The molecule has 0 aliphatic carbocycles. The SMILES string of the molecule is O=C(O)c1cn(CCNc2cc(F)cc(Cl)c2)nn1. The molecule has 1 aromatic carbocycles. The summed E-state index contributed by atoms with van der Waals surface area (Å²) in [7, 11) is 0.